The third-order valence-corrected chi connectivity index (χ3v) is 5.71. The molecule has 1 aliphatic heterocycles. The third kappa shape index (κ3) is 3.72. The van der Waals surface area contributed by atoms with Crippen LogP contribution in [0.2, 0.25) is 0 Å². The summed E-state index contributed by atoms with van der Waals surface area (Å²) in [5, 5.41) is 18.5. The highest BCUT2D eigenvalue weighted by Crippen LogP contribution is 2.35. The lowest BCUT2D eigenvalue weighted by molar-refractivity contribution is 0.101. The molecule has 3 rings (SSSR count). The van der Waals surface area contributed by atoms with Gasteiger partial charge in [0, 0.05) is 39.2 Å². The van der Waals surface area contributed by atoms with E-state index in [1.807, 2.05) is 0 Å². The smallest absolute Gasteiger partial charge is 0.325 e. The Bertz CT molecular complexity index is 1380. The number of nitrogens with zero attached hydrogens (tertiary/aromatic N) is 1. The number of carbonyl (C=O) groups is 1. The van der Waals surface area contributed by atoms with Gasteiger partial charge in [0.1, 0.15) is 0 Å². The first-order chi connectivity index (χ1) is 13.4. The molecule has 0 bridgehead atoms. The second-order valence-electron chi connectivity index (χ2n) is 6.94. The highest BCUT2D eigenvalue weighted by molar-refractivity contribution is 7.51. The number of benzene rings is 2. The molecule has 1 aliphatic carbocycles. The summed E-state index contributed by atoms with van der Waals surface area (Å²) in [5.74, 6) is -0.530. The minimum atomic E-state index is -4.29. The molecule has 1 aromatic rings. The molecule has 0 spiro atoms. The number of Topliss-reactive ketones (excluding diaryl/α,β-unsaturated/α-hetero) is 1. The average Bonchev–Trinajstić information content (AvgIpc) is 2.61. The van der Waals surface area contributed by atoms with Gasteiger partial charge in [-0.1, -0.05) is 0 Å². The Hall–Kier alpha value is -2.87. The Kier molecular flexibility index (Phi) is 5.17. The molecule has 4 N–H and O–H groups in total. The van der Waals surface area contributed by atoms with Gasteiger partial charge in [-0.15, -0.1) is 0 Å². The Balaban J connectivity index is 2.46. The number of carbonyl (C=O) groups excluding carboxylic acids is 1. The Morgan fingerprint density at radius 1 is 1.10 bits per heavy atom. The van der Waals surface area contributed by atoms with Crippen molar-refractivity contribution in [2.75, 3.05) is 6.16 Å². The van der Waals surface area contributed by atoms with Crippen LogP contribution in [0, 0.1) is 5.41 Å². The summed E-state index contributed by atoms with van der Waals surface area (Å²) in [4.78, 5) is 55.9. The number of aliphatic hydroxyl groups excluding tert-OH is 1. The molecule has 2 aliphatic rings. The molecule has 0 radical (unpaired) electrons. The average molecular weight is 418 g/mol. The van der Waals surface area contributed by atoms with Crippen LogP contribution in [-0.4, -0.2) is 31.4 Å². The molecule has 0 saturated carbocycles. The van der Waals surface area contributed by atoms with E-state index in [1.165, 1.54) is 32.0 Å². The van der Waals surface area contributed by atoms with E-state index in [4.69, 9.17) is 15.2 Å². The van der Waals surface area contributed by atoms with Crippen molar-refractivity contribution < 1.29 is 24.3 Å². The van der Waals surface area contributed by atoms with E-state index in [0.29, 0.717) is 0 Å². The molecule has 0 unspecified atom stereocenters. The summed E-state index contributed by atoms with van der Waals surface area (Å²) in [7, 11) is -4.29. The molecule has 0 aromatic heterocycles. The normalized spacial score (nSPS) is 13.2. The quantitative estimate of drug-likeness (QED) is 0.348. The van der Waals surface area contributed by atoms with E-state index in [9.17, 15) is 24.1 Å². The fourth-order valence-corrected chi connectivity index (χ4v) is 3.96. The van der Waals surface area contributed by atoms with E-state index in [-0.39, 0.29) is 62.5 Å². The fraction of sp³-hybridized carbons (Fsp3) is 0.263. The Morgan fingerprint density at radius 2 is 1.72 bits per heavy atom. The summed E-state index contributed by atoms with van der Waals surface area (Å²) < 4.78 is 12.0. The molecular weight excluding hydrogens is 399 g/mol. The number of ketones is 1. The molecule has 0 saturated heterocycles. The second-order valence-corrected chi connectivity index (χ2v) is 8.72. The molecule has 0 amide bonds. The molecule has 1 heterocycles. The molecule has 0 atom stereocenters. The zero-order chi connectivity index (χ0) is 21.7. The van der Waals surface area contributed by atoms with Crippen LogP contribution in [0.4, 0.5) is 0 Å². The van der Waals surface area contributed by atoms with Gasteiger partial charge in [0.15, 0.2) is 5.78 Å². The van der Waals surface area contributed by atoms with Gasteiger partial charge in [-0.2, -0.15) is 0 Å². The summed E-state index contributed by atoms with van der Waals surface area (Å²) in [6.45, 7) is 2.45. The van der Waals surface area contributed by atoms with Gasteiger partial charge in [0.25, 0.3) is 11.1 Å². The fourth-order valence-electron chi connectivity index (χ4n) is 3.41. The van der Waals surface area contributed by atoms with Gasteiger partial charge in [0.2, 0.25) is 0 Å². The monoisotopic (exact) mass is 418 g/mol. The van der Waals surface area contributed by atoms with Crippen molar-refractivity contribution in [1.29, 1.82) is 5.41 Å². The van der Waals surface area contributed by atoms with Gasteiger partial charge in [0.05, 0.1) is 17.3 Å². The van der Waals surface area contributed by atoms with Crippen molar-refractivity contribution in [3.05, 3.63) is 55.0 Å². The minimum Gasteiger partial charge on any atom is -0.512 e. The van der Waals surface area contributed by atoms with Crippen molar-refractivity contribution in [2.24, 2.45) is 0 Å². The maximum absolute atomic E-state index is 13.0. The van der Waals surface area contributed by atoms with E-state index >= 15 is 0 Å². The van der Waals surface area contributed by atoms with Crippen LogP contribution in [0.5, 0.6) is 0 Å². The number of hydrogen-bond acceptors (Lipinski definition) is 6. The number of hydrogen-bond donors (Lipinski definition) is 4. The first-order valence-electron chi connectivity index (χ1n) is 8.73. The lowest BCUT2D eigenvalue weighted by Gasteiger charge is -2.16. The first-order valence-corrected chi connectivity index (χ1v) is 10.5. The predicted molar refractivity (Wildman–Crippen MR) is 107 cm³/mol. The summed E-state index contributed by atoms with van der Waals surface area (Å²) >= 11 is 0. The molecule has 9 nitrogen and oxygen atoms in total. The van der Waals surface area contributed by atoms with Gasteiger partial charge in [-0.05, 0) is 38.5 Å². The van der Waals surface area contributed by atoms with Crippen LogP contribution >= 0.6 is 7.60 Å². The van der Waals surface area contributed by atoms with E-state index in [1.54, 1.807) is 0 Å². The van der Waals surface area contributed by atoms with Gasteiger partial charge < -0.3 is 14.9 Å². The highest BCUT2D eigenvalue weighted by atomic mass is 31.2. The second kappa shape index (κ2) is 7.18. The SMILES string of the molecule is CC(=O)c1cc2c3c(c1)c(=O)n(CCCP(=O)(O)O)c(=O)c-3c/c(=C(/C)O)c2=N. The highest BCUT2D eigenvalue weighted by Gasteiger charge is 2.23. The van der Waals surface area contributed by atoms with Crippen molar-refractivity contribution in [3.63, 3.8) is 0 Å². The maximum Gasteiger partial charge on any atom is 0.325 e. The van der Waals surface area contributed by atoms with Crippen molar-refractivity contribution in [3.8, 4) is 11.1 Å². The van der Waals surface area contributed by atoms with Gasteiger partial charge in [-0.3, -0.25) is 28.9 Å². The summed E-state index contributed by atoms with van der Waals surface area (Å²) in [6, 6.07) is 4.10. The maximum atomic E-state index is 13.0. The number of aromatic nitrogens is 1. The van der Waals surface area contributed by atoms with Crippen LogP contribution in [0.15, 0.2) is 27.8 Å². The zero-order valence-electron chi connectivity index (χ0n) is 15.7. The largest absolute Gasteiger partial charge is 0.512 e. The molecule has 0 fully saturated rings. The van der Waals surface area contributed by atoms with Crippen molar-refractivity contribution in [2.45, 2.75) is 26.8 Å². The van der Waals surface area contributed by atoms with Gasteiger partial charge >= 0.3 is 7.60 Å². The number of aliphatic hydroxyl groups is 1. The van der Waals surface area contributed by atoms with Crippen LogP contribution in [0.3, 0.4) is 0 Å². The molecule has 10 heteroatoms. The minimum absolute atomic E-state index is 0.0640. The number of nitrogens with one attached hydrogen (secondary N) is 1. The number of pyridine rings is 1. The van der Waals surface area contributed by atoms with Crippen LogP contribution in [-0.2, 0) is 11.1 Å². The van der Waals surface area contributed by atoms with Crippen LogP contribution in [0.25, 0.3) is 27.7 Å². The Labute approximate surface area is 163 Å². The molecular formula is C19H19N2O7P. The summed E-state index contributed by atoms with van der Waals surface area (Å²) in [6.07, 6.45) is -0.582. The standard InChI is InChI=1S/C19H19N2O7P/c1-9(22)11-6-13-16-14(7-11)18(24)21(4-3-5-29(26,27)28)19(25)15(16)8-12(10(2)23)17(13)20/h6-8,20,23H,3-5H2,1-2H3,(H2,26,27,28)/b12-10+,20-17?. The first kappa shape index (κ1) is 20.9. The van der Waals surface area contributed by atoms with Gasteiger partial charge in [-0.25, -0.2) is 0 Å². The van der Waals surface area contributed by atoms with E-state index in [2.05, 4.69) is 0 Å². The van der Waals surface area contributed by atoms with Crippen molar-refractivity contribution in [1.82, 2.24) is 4.57 Å². The predicted octanol–water partition coefficient (Wildman–Crippen LogP) is 0.559. The summed E-state index contributed by atoms with van der Waals surface area (Å²) in [5.41, 5.74) is -0.890. The Morgan fingerprint density at radius 3 is 2.28 bits per heavy atom. The number of rotatable bonds is 5. The zero-order valence-corrected chi connectivity index (χ0v) is 16.6. The van der Waals surface area contributed by atoms with E-state index < -0.39 is 24.9 Å². The topological polar surface area (TPSA) is 158 Å². The van der Waals surface area contributed by atoms with Crippen LogP contribution < -0.4 is 21.7 Å². The lowest BCUT2D eigenvalue weighted by Crippen LogP contribution is -2.38. The van der Waals surface area contributed by atoms with Crippen LogP contribution in [0.1, 0.15) is 30.6 Å². The lowest BCUT2D eigenvalue weighted by atomic mass is 9.91. The molecule has 29 heavy (non-hydrogen) atoms. The van der Waals surface area contributed by atoms with Crippen molar-refractivity contribution >= 4 is 29.9 Å². The molecule has 152 valence electrons. The molecule has 1 aromatic carbocycles. The van der Waals surface area contributed by atoms with E-state index in [0.717, 1.165) is 4.57 Å². The third-order valence-electron chi connectivity index (χ3n) is 4.81.